The van der Waals surface area contributed by atoms with Crippen LogP contribution < -0.4 is 10.7 Å². The molecule has 2 N–H and O–H groups in total. The van der Waals surface area contributed by atoms with Crippen molar-refractivity contribution in [2.75, 3.05) is 6.54 Å². The minimum Gasteiger partial charge on any atom is -0.455 e. The smallest absolute Gasteiger partial charge is 0.270 e. The van der Waals surface area contributed by atoms with Crippen LogP contribution in [0.2, 0.25) is 0 Å². The zero-order valence-electron chi connectivity index (χ0n) is 15.4. The van der Waals surface area contributed by atoms with Gasteiger partial charge in [-0.05, 0) is 40.2 Å². The van der Waals surface area contributed by atoms with Crippen LogP contribution in [0.25, 0.3) is 11.3 Å². The van der Waals surface area contributed by atoms with E-state index in [1.165, 1.54) is 18.3 Å². The summed E-state index contributed by atoms with van der Waals surface area (Å²) in [5.74, 6) is -0.146. The van der Waals surface area contributed by atoms with Crippen LogP contribution in [0.1, 0.15) is 16.1 Å². The summed E-state index contributed by atoms with van der Waals surface area (Å²) in [6.07, 6.45) is 1.29. The summed E-state index contributed by atoms with van der Waals surface area (Å²) in [5, 5.41) is 17.1. The van der Waals surface area contributed by atoms with Gasteiger partial charge in [0.05, 0.1) is 23.2 Å². The monoisotopic (exact) mass is 470 g/mol. The number of non-ortho nitro benzene ring substituents is 1. The van der Waals surface area contributed by atoms with Crippen LogP contribution in [0.5, 0.6) is 0 Å². The number of amides is 2. The third kappa shape index (κ3) is 5.39. The average Bonchev–Trinajstić information content (AvgIpc) is 3.21. The minimum atomic E-state index is -0.517. The minimum absolute atomic E-state index is 0.0454. The molecular formula is C20H15BrN4O5. The van der Waals surface area contributed by atoms with Crippen molar-refractivity contribution in [2.24, 2.45) is 5.10 Å². The first-order valence-electron chi connectivity index (χ1n) is 8.63. The normalized spacial score (nSPS) is 10.7. The van der Waals surface area contributed by atoms with E-state index in [-0.39, 0.29) is 12.2 Å². The lowest BCUT2D eigenvalue weighted by Gasteiger charge is -2.05. The van der Waals surface area contributed by atoms with Crippen molar-refractivity contribution in [3.8, 4) is 11.3 Å². The summed E-state index contributed by atoms with van der Waals surface area (Å²) in [4.78, 5) is 34.3. The summed E-state index contributed by atoms with van der Waals surface area (Å²) in [5.41, 5.74) is 3.19. The fourth-order valence-electron chi connectivity index (χ4n) is 2.46. The molecule has 9 nitrogen and oxygen atoms in total. The van der Waals surface area contributed by atoms with Crippen molar-refractivity contribution in [2.45, 2.75) is 0 Å². The quantitative estimate of drug-likeness (QED) is 0.310. The summed E-state index contributed by atoms with van der Waals surface area (Å²) < 4.78 is 6.18. The summed E-state index contributed by atoms with van der Waals surface area (Å²) in [7, 11) is 0. The van der Waals surface area contributed by atoms with Gasteiger partial charge in [-0.25, -0.2) is 5.43 Å². The highest BCUT2D eigenvalue weighted by atomic mass is 79.9. The Bertz CT molecular complexity index is 1130. The number of hydrogen-bond acceptors (Lipinski definition) is 6. The van der Waals surface area contributed by atoms with E-state index in [1.807, 2.05) is 0 Å². The van der Waals surface area contributed by atoms with Gasteiger partial charge in [-0.3, -0.25) is 19.7 Å². The number of hydrazone groups is 1. The van der Waals surface area contributed by atoms with Crippen LogP contribution in [-0.2, 0) is 4.79 Å². The SMILES string of the molecule is O=C(CNC(=O)c1ccccc1Br)N/N=C/c1ccc(-c2cccc([N+](=O)[O-])c2)o1. The van der Waals surface area contributed by atoms with E-state index in [0.717, 1.165) is 0 Å². The van der Waals surface area contributed by atoms with Gasteiger partial charge in [-0.1, -0.05) is 24.3 Å². The molecule has 0 atom stereocenters. The number of nitro groups is 1. The number of benzene rings is 2. The maximum absolute atomic E-state index is 12.1. The van der Waals surface area contributed by atoms with Gasteiger partial charge >= 0.3 is 0 Å². The molecule has 152 valence electrons. The van der Waals surface area contributed by atoms with Crippen molar-refractivity contribution >= 4 is 39.6 Å². The molecule has 0 bridgehead atoms. The average molecular weight is 471 g/mol. The second-order valence-electron chi connectivity index (χ2n) is 5.97. The van der Waals surface area contributed by atoms with Crippen molar-refractivity contribution in [1.82, 2.24) is 10.7 Å². The predicted molar refractivity (Wildman–Crippen MR) is 113 cm³/mol. The lowest BCUT2D eigenvalue weighted by Crippen LogP contribution is -2.35. The number of carbonyl (C=O) groups excluding carboxylic acids is 2. The highest BCUT2D eigenvalue weighted by molar-refractivity contribution is 9.10. The lowest BCUT2D eigenvalue weighted by atomic mass is 10.1. The molecule has 2 aromatic carbocycles. The Morgan fingerprint density at radius 2 is 1.93 bits per heavy atom. The summed E-state index contributed by atoms with van der Waals surface area (Å²) >= 11 is 3.27. The van der Waals surface area contributed by atoms with E-state index in [1.54, 1.807) is 48.5 Å². The van der Waals surface area contributed by atoms with Gasteiger partial charge < -0.3 is 9.73 Å². The Kier molecular flexibility index (Phi) is 6.71. The predicted octanol–water partition coefficient (Wildman–Crippen LogP) is 3.50. The first kappa shape index (κ1) is 20.9. The maximum Gasteiger partial charge on any atom is 0.270 e. The zero-order chi connectivity index (χ0) is 21.5. The third-order valence-corrected chi connectivity index (χ3v) is 4.57. The number of nitrogens with one attached hydrogen (secondary N) is 2. The van der Waals surface area contributed by atoms with Gasteiger partial charge in [0.1, 0.15) is 11.5 Å². The van der Waals surface area contributed by atoms with Crippen LogP contribution in [0.4, 0.5) is 5.69 Å². The van der Waals surface area contributed by atoms with E-state index in [9.17, 15) is 19.7 Å². The van der Waals surface area contributed by atoms with E-state index < -0.39 is 16.7 Å². The molecule has 3 rings (SSSR count). The molecule has 1 heterocycles. The van der Waals surface area contributed by atoms with Crippen LogP contribution in [0.15, 0.2) is 74.7 Å². The lowest BCUT2D eigenvalue weighted by molar-refractivity contribution is -0.384. The van der Waals surface area contributed by atoms with Gasteiger partial charge in [0.25, 0.3) is 17.5 Å². The van der Waals surface area contributed by atoms with Crippen molar-refractivity contribution in [3.05, 3.63) is 86.6 Å². The van der Waals surface area contributed by atoms with E-state index in [0.29, 0.717) is 27.1 Å². The van der Waals surface area contributed by atoms with Crippen molar-refractivity contribution in [1.29, 1.82) is 0 Å². The molecular weight excluding hydrogens is 456 g/mol. The molecule has 0 aliphatic carbocycles. The van der Waals surface area contributed by atoms with E-state index >= 15 is 0 Å². The molecule has 0 saturated heterocycles. The Morgan fingerprint density at radius 3 is 2.70 bits per heavy atom. The highest BCUT2D eigenvalue weighted by Crippen LogP contribution is 2.25. The third-order valence-electron chi connectivity index (χ3n) is 3.88. The van der Waals surface area contributed by atoms with Gasteiger partial charge in [-0.2, -0.15) is 5.10 Å². The Labute approximate surface area is 179 Å². The van der Waals surface area contributed by atoms with Crippen molar-refractivity contribution < 1.29 is 18.9 Å². The molecule has 0 aliphatic heterocycles. The number of halogens is 1. The van der Waals surface area contributed by atoms with Crippen LogP contribution in [0, 0.1) is 10.1 Å². The molecule has 0 radical (unpaired) electrons. The largest absolute Gasteiger partial charge is 0.455 e. The van der Waals surface area contributed by atoms with Crippen LogP contribution in [-0.4, -0.2) is 29.5 Å². The second-order valence-corrected chi connectivity index (χ2v) is 6.82. The number of nitrogens with zero attached hydrogens (tertiary/aromatic N) is 2. The first-order chi connectivity index (χ1) is 14.4. The van der Waals surface area contributed by atoms with Gasteiger partial charge in [0.15, 0.2) is 0 Å². The molecule has 0 fully saturated rings. The molecule has 2 amide bonds. The summed E-state index contributed by atoms with van der Waals surface area (Å²) in [6, 6.07) is 16.1. The Morgan fingerprint density at radius 1 is 1.13 bits per heavy atom. The standard InChI is InChI=1S/C20H15BrN4O5/c21-17-7-2-1-6-16(17)20(27)22-12-19(26)24-23-11-15-8-9-18(30-15)13-4-3-5-14(10-13)25(28)29/h1-11H,12H2,(H,22,27)(H,24,26)/b23-11+. The van der Waals surface area contributed by atoms with Gasteiger partial charge in [0.2, 0.25) is 0 Å². The van der Waals surface area contributed by atoms with Crippen molar-refractivity contribution in [3.63, 3.8) is 0 Å². The number of nitro benzene ring substituents is 1. The first-order valence-corrected chi connectivity index (χ1v) is 9.42. The highest BCUT2D eigenvalue weighted by Gasteiger charge is 2.11. The molecule has 0 spiro atoms. The van der Waals surface area contributed by atoms with Crippen LogP contribution in [0.3, 0.4) is 0 Å². The topological polar surface area (TPSA) is 127 Å². The maximum atomic E-state index is 12.1. The molecule has 10 heteroatoms. The molecule has 0 aliphatic rings. The fraction of sp³-hybridized carbons (Fsp3) is 0.0500. The number of rotatable bonds is 7. The summed E-state index contributed by atoms with van der Waals surface area (Å²) in [6.45, 7) is -0.255. The number of hydrogen-bond donors (Lipinski definition) is 2. The van der Waals surface area contributed by atoms with Gasteiger partial charge in [-0.15, -0.1) is 0 Å². The number of carbonyl (C=O) groups is 2. The molecule has 3 aromatic rings. The zero-order valence-corrected chi connectivity index (χ0v) is 17.0. The molecule has 0 unspecified atom stereocenters. The van der Waals surface area contributed by atoms with Crippen LogP contribution >= 0.6 is 15.9 Å². The molecule has 0 saturated carbocycles. The Hall–Kier alpha value is -3.79. The second kappa shape index (κ2) is 9.61. The molecule has 30 heavy (non-hydrogen) atoms. The van der Waals surface area contributed by atoms with E-state index in [2.05, 4.69) is 31.8 Å². The molecule has 1 aromatic heterocycles. The Balaban J connectivity index is 1.53. The fourth-order valence-corrected chi connectivity index (χ4v) is 2.92. The number of furan rings is 1. The van der Waals surface area contributed by atoms with Gasteiger partial charge in [0, 0.05) is 22.2 Å². The van der Waals surface area contributed by atoms with E-state index in [4.69, 9.17) is 4.42 Å².